The molecule has 1 aliphatic heterocycles. The molecule has 1 aliphatic rings. The number of sulfonamides is 1. The van der Waals surface area contributed by atoms with Crippen LogP contribution in [0, 0.1) is 11.6 Å². The average molecular weight is 382 g/mol. The lowest BCUT2D eigenvalue weighted by Crippen LogP contribution is -2.46. The minimum absolute atomic E-state index is 0.0894. The van der Waals surface area contributed by atoms with Gasteiger partial charge in [-0.1, -0.05) is 12.1 Å². The van der Waals surface area contributed by atoms with E-state index in [1.807, 2.05) is 31.2 Å². The summed E-state index contributed by atoms with van der Waals surface area (Å²) in [4.78, 5) is 1.82. The molecular formula is C18H20F2N2O3S. The first kappa shape index (κ1) is 18.6. The second-order valence-corrected chi connectivity index (χ2v) is 8.15. The van der Waals surface area contributed by atoms with Crippen LogP contribution in [0.2, 0.25) is 0 Å². The number of benzene rings is 2. The van der Waals surface area contributed by atoms with E-state index in [-0.39, 0.29) is 17.5 Å². The first-order valence-corrected chi connectivity index (χ1v) is 9.69. The van der Waals surface area contributed by atoms with E-state index >= 15 is 0 Å². The van der Waals surface area contributed by atoms with Gasteiger partial charge in [0.05, 0.1) is 23.7 Å². The molecule has 5 nitrogen and oxygen atoms in total. The van der Waals surface area contributed by atoms with E-state index in [4.69, 9.17) is 4.74 Å². The van der Waals surface area contributed by atoms with E-state index in [1.54, 1.807) is 0 Å². The summed E-state index contributed by atoms with van der Waals surface area (Å²) in [7, 11) is -2.55. The number of nitrogens with zero attached hydrogens (tertiary/aromatic N) is 2. The average Bonchev–Trinajstić information content (AvgIpc) is 2.63. The van der Waals surface area contributed by atoms with E-state index in [1.165, 1.54) is 7.05 Å². The van der Waals surface area contributed by atoms with Crippen molar-refractivity contribution in [2.75, 3.05) is 31.6 Å². The molecule has 1 heterocycles. The van der Waals surface area contributed by atoms with Gasteiger partial charge in [0.1, 0.15) is 11.9 Å². The quantitative estimate of drug-likeness (QED) is 0.798. The van der Waals surface area contributed by atoms with Crippen molar-refractivity contribution in [3.8, 4) is 5.75 Å². The molecule has 1 atom stereocenters. The van der Waals surface area contributed by atoms with Crippen molar-refractivity contribution < 1.29 is 21.9 Å². The predicted octanol–water partition coefficient (Wildman–Crippen LogP) is 2.87. The lowest BCUT2D eigenvalue weighted by Gasteiger charge is -2.36. The normalized spacial score (nSPS) is 17.1. The van der Waals surface area contributed by atoms with Crippen molar-refractivity contribution in [2.24, 2.45) is 0 Å². The van der Waals surface area contributed by atoms with E-state index in [0.29, 0.717) is 18.4 Å². The van der Waals surface area contributed by atoms with E-state index in [0.717, 1.165) is 28.7 Å². The van der Waals surface area contributed by atoms with Gasteiger partial charge in [0.15, 0.2) is 11.6 Å². The second-order valence-electron chi connectivity index (χ2n) is 6.11. The molecule has 0 saturated heterocycles. The highest BCUT2D eigenvalue weighted by Gasteiger charge is 2.30. The summed E-state index contributed by atoms with van der Waals surface area (Å²) in [6, 6.07) is 10.1. The molecule has 0 fully saturated rings. The Bertz CT molecular complexity index is 905. The molecule has 0 radical (unpaired) electrons. The zero-order chi connectivity index (χ0) is 18.9. The van der Waals surface area contributed by atoms with Gasteiger partial charge < -0.3 is 9.64 Å². The van der Waals surface area contributed by atoms with Gasteiger partial charge in [0.25, 0.3) is 0 Å². The summed E-state index contributed by atoms with van der Waals surface area (Å²) in [6.07, 6.45) is -0.380. The number of hydrogen-bond acceptors (Lipinski definition) is 4. The molecule has 2 aromatic carbocycles. The number of ether oxygens (including phenoxy) is 1. The van der Waals surface area contributed by atoms with Crippen LogP contribution in [0.5, 0.6) is 5.75 Å². The molecule has 0 spiro atoms. The molecule has 3 rings (SSSR count). The number of rotatable bonds is 5. The molecule has 0 aliphatic carbocycles. The summed E-state index contributed by atoms with van der Waals surface area (Å²) in [5, 5.41) is 0. The van der Waals surface area contributed by atoms with Gasteiger partial charge in [-0.3, -0.25) is 0 Å². The van der Waals surface area contributed by atoms with Gasteiger partial charge in [-0.15, -0.1) is 0 Å². The summed E-state index contributed by atoms with van der Waals surface area (Å²) < 4.78 is 58.8. The lowest BCUT2D eigenvalue weighted by atomic mass is 10.2. The fourth-order valence-corrected chi connectivity index (χ4v) is 4.19. The van der Waals surface area contributed by atoms with E-state index in [2.05, 4.69) is 4.90 Å². The molecule has 26 heavy (non-hydrogen) atoms. The van der Waals surface area contributed by atoms with E-state index in [9.17, 15) is 17.2 Å². The van der Waals surface area contributed by atoms with Gasteiger partial charge in [-0.05, 0) is 37.3 Å². The molecule has 8 heteroatoms. The fourth-order valence-electron chi connectivity index (χ4n) is 2.98. The zero-order valence-corrected chi connectivity index (χ0v) is 15.3. The van der Waals surface area contributed by atoms with Crippen molar-refractivity contribution in [2.45, 2.75) is 17.9 Å². The summed E-state index contributed by atoms with van der Waals surface area (Å²) in [6.45, 7) is 3.40. The van der Waals surface area contributed by atoms with Crippen molar-refractivity contribution in [3.63, 3.8) is 0 Å². The SMILES string of the molecule is CCN1C[C@H](CN(C)S(=O)(=O)c2ccc(F)c(F)c2)Oc2ccccc21. The molecule has 0 amide bonds. The van der Waals surface area contributed by atoms with Crippen LogP contribution in [-0.2, 0) is 10.0 Å². The van der Waals surface area contributed by atoms with Crippen LogP contribution in [0.4, 0.5) is 14.5 Å². The first-order valence-electron chi connectivity index (χ1n) is 8.25. The summed E-state index contributed by atoms with van der Waals surface area (Å²) in [5.74, 6) is -1.58. The molecule has 2 aromatic rings. The van der Waals surface area contributed by atoms with E-state index < -0.39 is 21.7 Å². The van der Waals surface area contributed by atoms with Gasteiger partial charge in [-0.2, -0.15) is 4.31 Å². The maximum atomic E-state index is 13.4. The van der Waals surface area contributed by atoms with Crippen molar-refractivity contribution in [3.05, 3.63) is 54.1 Å². The highest BCUT2D eigenvalue weighted by atomic mass is 32.2. The number of fused-ring (bicyclic) bond motifs is 1. The van der Waals surface area contributed by atoms with Gasteiger partial charge >= 0.3 is 0 Å². The highest BCUT2D eigenvalue weighted by Crippen LogP contribution is 2.33. The van der Waals surface area contributed by atoms with Crippen LogP contribution in [0.25, 0.3) is 0 Å². The third-order valence-electron chi connectivity index (χ3n) is 4.37. The molecule has 140 valence electrons. The van der Waals surface area contributed by atoms with Crippen molar-refractivity contribution in [1.82, 2.24) is 4.31 Å². The van der Waals surface area contributed by atoms with Crippen LogP contribution in [0.15, 0.2) is 47.4 Å². The van der Waals surface area contributed by atoms with Crippen LogP contribution < -0.4 is 9.64 Å². The fraction of sp³-hybridized carbons (Fsp3) is 0.333. The number of likely N-dealkylation sites (N-methyl/N-ethyl adjacent to an activating group) is 2. The standard InChI is InChI=1S/C18H20F2N2O3S/c1-3-22-12-13(25-18-7-5-4-6-17(18)22)11-21(2)26(23,24)14-8-9-15(19)16(20)10-14/h4-10,13H,3,11-12H2,1-2H3/t13-/m0/s1. The maximum absolute atomic E-state index is 13.4. The Morgan fingerprint density at radius 3 is 2.62 bits per heavy atom. The molecule has 0 aromatic heterocycles. The topological polar surface area (TPSA) is 49.9 Å². The molecule has 0 unspecified atom stereocenters. The maximum Gasteiger partial charge on any atom is 0.243 e. The highest BCUT2D eigenvalue weighted by molar-refractivity contribution is 7.89. The third kappa shape index (κ3) is 3.52. The number of hydrogen-bond donors (Lipinski definition) is 0. The molecule has 0 saturated carbocycles. The number of halogens is 2. The number of anilines is 1. The largest absolute Gasteiger partial charge is 0.485 e. The van der Waals surface area contributed by atoms with Crippen LogP contribution in [0.1, 0.15) is 6.92 Å². The van der Waals surface area contributed by atoms with Crippen LogP contribution in [-0.4, -0.2) is 45.5 Å². The Kier molecular flexibility index (Phi) is 5.15. The van der Waals surface area contributed by atoms with Gasteiger partial charge in [-0.25, -0.2) is 17.2 Å². The Morgan fingerprint density at radius 1 is 1.19 bits per heavy atom. The molecular weight excluding hydrogens is 362 g/mol. The predicted molar refractivity (Wildman–Crippen MR) is 94.9 cm³/mol. The zero-order valence-electron chi connectivity index (χ0n) is 14.5. The van der Waals surface area contributed by atoms with Gasteiger partial charge in [0, 0.05) is 13.6 Å². The lowest BCUT2D eigenvalue weighted by molar-refractivity contribution is 0.171. The summed E-state index contributed by atoms with van der Waals surface area (Å²) in [5.41, 5.74) is 0.970. The third-order valence-corrected chi connectivity index (χ3v) is 6.18. The Balaban J connectivity index is 1.79. The van der Waals surface area contributed by atoms with Crippen LogP contribution >= 0.6 is 0 Å². The molecule has 0 N–H and O–H groups in total. The van der Waals surface area contributed by atoms with Crippen molar-refractivity contribution >= 4 is 15.7 Å². The van der Waals surface area contributed by atoms with Crippen LogP contribution in [0.3, 0.4) is 0 Å². The Labute approximate surface area is 151 Å². The number of para-hydroxylation sites is 2. The molecule has 0 bridgehead atoms. The van der Waals surface area contributed by atoms with Crippen molar-refractivity contribution in [1.29, 1.82) is 0 Å². The second kappa shape index (κ2) is 7.20. The van der Waals surface area contributed by atoms with Gasteiger partial charge in [0.2, 0.25) is 10.0 Å². The minimum Gasteiger partial charge on any atom is -0.485 e. The smallest absolute Gasteiger partial charge is 0.243 e. The first-order chi connectivity index (χ1) is 12.3. The Hall–Kier alpha value is -2.19. The Morgan fingerprint density at radius 2 is 1.92 bits per heavy atom. The monoisotopic (exact) mass is 382 g/mol. The summed E-state index contributed by atoms with van der Waals surface area (Å²) >= 11 is 0. The minimum atomic E-state index is -3.95.